The van der Waals surface area contributed by atoms with Crippen molar-refractivity contribution in [3.05, 3.63) is 51.8 Å². The number of carbonyl (C=O) groups excluding carboxylic acids is 1. The molecular formula is C38H43ClF2N14O4. The monoisotopic (exact) mass is 832 g/mol. The SMILES string of the molecule is COc1c(C)cnc(Cn2cc(C#CCOCCCC(=O)N3CCN(c4nc(-c5cnc(N)nc5C(F)F)nc(N5CCOCC5)n4)CC3)c3c(Cl)nc(N)nc32)c1C. The summed E-state index contributed by atoms with van der Waals surface area (Å²) in [7, 11) is 1.63. The van der Waals surface area contributed by atoms with Crippen LogP contribution in [0.2, 0.25) is 5.15 Å². The number of aromatic nitrogens is 9. The fraction of sp³-hybridized carbons (Fsp3) is 0.447. The number of alkyl halides is 2. The summed E-state index contributed by atoms with van der Waals surface area (Å²) < 4.78 is 46.7. The first kappa shape index (κ1) is 41.1. The van der Waals surface area contributed by atoms with Crippen molar-refractivity contribution in [2.75, 3.05) is 94.1 Å². The van der Waals surface area contributed by atoms with Gasteiger partial charge in [0, 0.05) is 82.0 Å². The molecule has 0 spiro atoms. The van der Waals surface area contributed by atoms with Gasteiger partial charge in [0.2, 0.25) is 29.7 Å². The van der Waals surface area contributed by atoms with Crippen LogP contribution in [0.25, 0.3) is 22.4 Å². The number of nitrogens with two attached hydrogens (primary N) is 2. The topological polar surface area (TPSA) is 215 Å². The highest BCUT2D eigenvalue weighted by Crippen LogP contribution is 2.31. The van der Waals surface area contributed by atoms with E-state index in [9.17, 15) is 13.6 Å². The molecule has 1 amide bonds. The first-order valence-electron chi connectivity index (χ1n) is 18.9. The van der Waals surface area contributed by atoms with Crippen molar-refractivity contribution in [2.45, 2.75) is 39.7 Å². The minimum Gasteiger partial charge on any atom is -0.496 e. The van der Waals surface area contributed by atoms with E-state index < -0.39 is 12.1 Å². The third-order valence-electron chi connectivity index (χ3n) is 9.94. The van der Waals surface area contributed by atoms with Crippen LogP contribution in [0, 0.1) is 25.7 Å². The normalized spacial score (nSPS) is 14.5. The smallest absolute Gasteiger partial charge is 0.281 e. The maximum absolute atomic E-state index is 14.0. The van der Waals surface area contributed by atoms with Crippen LogP contribution in [-0.2, 0) is 20.8 Å². The largest absolute Gasteiger partial charge is 0.496 e. The number of halogens is 3. The molecule has 7 rings (SSSR count). The molecule has 5 aromatic rings. The first-order valence-corrected chi connectivity index (χ1v) is 19.3. The Morgan fingerprint density at radius 3 is 2.39 bits per heavy atom. The Morgan fingerprint density at radius 2 is 1.68 bits per heavy atom. The Labute approximate surface area is 343 Å². The number of hydrogen-bond donors (Lipinski definition) is 2. The molecule has 7 heterocycles. The van der Waals surface area contributed by atoms with Gasteiger partial charge in [-0.25, -0.2) is 23.7 Å². The lowest BCUT2D eigenvalue weighted by molar-refractivity contribution is -0.131. The van der Waals surface area contributed by atoms with Gasteiger partial charge in [-0.1, -0.05) is 23.4 Å². The molecule has 4 N–H and O–H groups in total. The lowest BCUT2D eigenvalue weighted by Crippen LogP contribution is -2.49. The summed E-state index contributed by atoms with van der Waals surface area (Å²) in [5.41, 5.74) is 14.7. The second-order valence-electron chi connectivity index (χ2n) is 13.8. The summed E-state index contributed by atoms with van der Waals surface area (Å²) in [5, 5.41) is 0.760. The maximum atomic E-state index is 14.0. The van der Waals surface area contributed by atoms with Gasteiger partial charge >= 0.3 is 0 Å². The highest BCUT2D eigenvalue weighted by atomic mass is 35.5. The minimum atomic E-state index is -2.92. The van der Waals surface area contributed by atoms with E-state index in [1.165, 1.54) is 6.20 Å². The highest BCUT2D eigenvalue weighted by Gasteiger charge is 2.27. The molecule has 0 bridgehead atoms. The number of amides is 1. The van der Waals surface area contributed by atoms with Crippen molar-refractivity contribution in [2.24, 2.45) is 0 Å². The summed E-state index contributed by atoms with van der Waals surface area (Å²) in [5.74, 6) is 7.32. The number of anilines is 4. The molecule has 2 fully saturated rings. The van der Waals surface area contributed by atoms with Crippen LogP contribution in [0.3, 0.4) is 0 Å². The minimum absolute atomic E-state index is 0.0110. The molecule has 0 unspecified atom stereocenters. The van der Waals surface area contributed by atoms with Crippen molar-refractivity contribution >= 4 is 52.3 Å². The molecule has 0 aromatic carbocycles. The number of hydrogen-bond acceptors (Lipinski definition) is 16. The van der Waals surface area contributed by atoms with Gasteiger partial charge in [-0.2, -0.15) is 19.9 Å². The van der Waals surface area contributed by atoms with Gasteiger partial charge in [-0.15, -0.1) is 0 Å². The van der Waals surface area contributed by atoms with Crippen LogP contribution in [0.1, 0.15) is 47.3 Å². The van der Waals surface area contributed by atoms with E-state index >= 15 is 0 Å². The van der Waals surface area contributed by atoms with Crippen molar-refractivity contribution in [1.82, 2.24) is 49.3 Å². The number of fused-ring (bicyclic) bond motifs is 1. The summed E-state index contributed by atoms with van der Waals surface area (Å²) >= 11 is 6.52. The molecule has 59 heavy (non-hydrogen) atoms. The quantitative estimate of drug-likeness (QED) is 0.105. The number of nitrogen functional groups attached to an aromatic ring is 2. The predicted octanol–water partition coefficient (Wildman–Crippen LogP) is 3.23. The van der Waals surface area contributed by atoms with Crippen molar-refractivity contribution < 1.29 is 27.8 Å². The molecule has 2 aliphatic heterocycles. The molecule has 18 nitrogen and oxygen atoms in total. The van der Waals surface area contributed by atoms with Gasteiger partial charge in [0.15, 0.2) is 5.82 Å². The fourth-order valence-corrected chi connectivity index (χ4v) is 7.20. The number of rotatable bonds is 12. The van der Waals surface area contributed by atoms with E-state index in [1.54, 1.807) is 18.2 Å². The Hall–Kier alpha value is -6.04. The van der Waals surface area contributed by atoms with E-state index in [0.717, 1.165) is 22.6 Å². The Morgan fingerprint density at radius 1 is 0.949 bits per heavy atom. The zero-order valence-corrected chi connectivity index (χ0v) is 33.5. The highest BCUT2D eigenvalue weighted by molar-refractivity contribution is 6.34. The summed E-state index contributed by atoms with van der Waals surface area (Å²) in [6.45, 7) is 8.43. The van der Waals surface area contributed by atoms with E-state index in [0.29, 0.717) is 101 Å². The molecule has 310 valence electrons. The molecule has 5 aromatic heterocycles. The van der Waals surface area contributed by atoms with Gasteiger partial charge in [-0.05, 0) is 20.3 Å². The van der Waals surface area contributed by atoms with Gasteiger partial charge in [0.1, 0.15) is 28.9 Å². The molecule has 0 atom stereocenters. The molecule has 0 saturated carbocycles. The van der Waals surface area contributed by atoms with Crippen LogP contribution < -0.4 is 26.0 Å². The zero-order valence-electron chi connectivity index (χ0n) is 32.8. The van der Waals surface area contributed by atoms with Gasteiger partial charge in [0.25, 0.3) is 6.43 Å². The summed E-state index contributed by atoms with van der Waals surface area (Å²) in [6, 6.07) is 0. The lowest BCUT2D eigenvalue weighted by atomic mass is 10.1. The Kier molecular flexibility index (Phi) is 12.7. The third kappa shape index (κ3) is 9.32. The van der Waals surface area contributed by atoms with Crippen molar-refractivity contribution in [1.29, 1.82) is 0 Å². The standard InChI is InChI=1S/C38H43ClF2N14O4/c1-22-18-44-26(23(2)30(22)57-3)21-55-20-24(28-31(39)47-36(43)50-34(28)55)6-4-14-58-15-5-7-27(56)52-8-10-53(11-9-52)37-48-33(25-19-45-35(42)46-29(25)32(40)41)49-38(51-37)54-12-16-59-17-13-54/h18-20,32H,5,7-17,21H2,1-3H3,(H2,42,45,46)(H2,43,47,50). The Bertz CT molecular complexity index is 2390. The van der Waals surface area contributed by atoms with Crippen LogP contribution in [0.15, 0.2) is 18.6 Å². The first-order chi connectivity index (χ1) is 28.5. The van der Waals surface area contributed by atoms with Gasteiger partial charge in [-0.3, -0.25) is 9.78 Å². The number of carbonyl (C=O) groups is 1. The molecule has 21 heteroatoms. The average Bonchev–Trinajstić information content (AvgIpc) is 3.58. The van der Waals surface area contributed by atoms with E-state index in [-0.39, 0.29) is 47.4 Å². The molecule has 0 radical (unpaired) electrons. The van der Waals surface area contributed by atoms with Crippen molar-refractivity contribution in [3.8, 4) is 29.0 Å². The average molecular weight is 833 g/mol. The van der Waals surface area contributed by atoms with Crippen LogP contribution in [0.4, 0.5) is 32.6 Å². The predicted molar refractivity (Wildman–Crippen MR) is 215 cm³/mol. The van der Waals surface area contributed by atoms with Crippen LogP contribution >= 0.6 is 11.6 Å². The number of aryl methyl sites for hydroxylation is 1. The van der Waals surface area contributed by atoms with E-state index in [2.05, 4.69) is 51.7 Å². The van der Waals surface area contributed by atoms with E-state index in [4.69, 9.17) is 37.3 Å². The number of methoxy groups -OCH3 is 1. The number of piperazine rings is 1. The van der Waals surface area contributed by atoms with Crippen LogP contribution in [-0.4, -0.2) is 128 Å². The summed E-state index contributed by atoms with van der Waals surface area (Å²) in [6.07, 6.45) is 2.67. The fourth-order valence-electron chi connectivity index (χ4n) is 6.93. The number of ether oxygens (including phenoxy) is 3. The van der Waals surface area contributed by atoms with E-state index in [1.807, 2.05) is 34.4 Å². The second-order valence-corrected chi connectivity index (χ2v) is 14.2. The molecule has 0 aliphatic carbocycles. The molecule has 2 saturated heterocycles. The molecular weight excluding hydrogens is 790 g/mol. The maximum Gasteiger partial charge on any atom is 0.281 e. The second kappa shape index (κ2) is 18.3. The third-order valence-corrected chi connectivity index (χ3v) is 10.2. The van der Waals surface area contributed by atoms with Crippen LogP contribution in [0.5, 0.6) is 5.75 Å². The van der Waals surface area contributed by atoms with Crippen molar-refractivity contribution in [3.63, 3.8) is 0 Å². The zero-order chi connectivity index (χ0) is 41.6. The number of pyridine rings is 1. The molecule has 2 aliphatic rings. The van der Waals surface area contributed by atoms with Gasteiger partial charge < -0.3 is 44.9 Å². The Balaban J connectivity index is 0.936. The lowest BCUT2D eigenvalue weighted by Gasteiger charge is -2.35. The number of morpholine rings is 1. The summed E-state index contributed by atoms with van der Waals surface area (Å²) in [4.78, 5) is 53.4. The van der Waals surface area contributed by atoms with Gasteiger partial charge in [0.05, 0.1) is 49.1 Å². The number of nitrogens with zero attached hydrogens (tertiary/aromatic N) is 12.